The Kier molecular flexibility index (Phi) is 4.73. The van der Waals surface area contributed by atoms with Crippen LogP contribution in [0.4, 0.5) is 0 Å². The lowest BCUT2D eigenvalue weighted by Crippen LogP contribution is -2.11. The van der Waals surface area contributed by atoms with E-state index in [9.17, 15) is 0 Å². The van der Waals surface area contributed by atoms with Crippen LogP contribution in [0.2, 0.25) is 0 Å². The summed E-state index contributed by atoms with van der Waals surface area (Å²) in [5.41, 5.74) is 2.18. The van der Waals surface area contributed by atoms with Crippen LogP contribution in [-0.2, 0) is 6.54 Å². The zero-order valence-electron chi connectivity index (χ0n) is 10.8. The second kappa shape index (κ2) is 6.52. The van der Waals surface area contributed by atoms with Gasteiger partial charge in [-0.3, -0.25) is 0 Å². The highest BCUT2D eigenvalue weighted by atomic mass is 32.1. The van der Waals surface area contributed by atoms with Crippen LogP contribution >= 0.6 is 11.3 Å². The first-order valence-corrected chi connectivity index (χ1v) is 7.05. The summed E-state index contributed by atoms with van der Waals surface area (Å²) in [6.45, 7) is 6.53. The van der Waals surface area contributed by atoms with E-state index in [2.05, 4.69) is 29.4 Å². The number of ether oxygens (including phenoxy) is 1. The topological polar surface area (TPSA) is 34.1 Å². The zero-order chi connectivity index (χ0) is 12.8. The molecule has 96 valence electrons. The first-order chi connectivity index (χ1) is 8.85. The van der Waals surface area contributed by atoms with E-state index >= 15 is 0 Å². The molecule has 0 saturated carbocycles. The van der Waals surface area contributed by atoms with Crippen molar-refractivity contribution in [3.63, 3.8) is 0 Å². The number of rotatable bonds is 6. The van der Waals surface area contributed by atoms with E-state index in [1.54, 1.807) is 11.3 Å². The predicted molar refractivity (Wildman–Crippen MR) is 76.1 cm³/mol. The Bertz CT molecular complexity index is 482. The average molecular weight is 262 g/mol. The van der Waals surface area contributed by atoms with Crippen LogP contribution in [0.3, 0.4) is 0 Å². The Morgan fingerprint density at radius 2 is 2.00 bits per heavy atom. The number of hydrogen-bond acceptors (Lipinski definition) is 4. The highest BCUT2D eigenvalue weighted by Crippen LogP contribution is 2.32. The molecule has 0 fully saturated rings. The second-order valence-corrected chi connectivity index (χ2v) is 4.88. The Morgan fingerprint density at radius 3 is 2.67 bits per heavy atom. The van der Waals surface area contributed by atoms with Crippen LogP contribution in [0, 0.1) is 0 Å². The lowest BCUT2D eigenvalue weighted by molar-refractivity contribution is 0.338. The molecule has 0 bridgehead atoms. The van der Waals surface area contributed by atoms with Crippen molar-refractivity contribution in [3.8, 4) is 16.5 Å². The minimum Gasteiger partial charge on any atom is -0.470 e. The third-order valence-corrected chi connectivity index (χ3v) is 3.50. The van der Waals surface area contributed by atoms with Crippen LogP contribution in [0.5, 0.6) is 5.19 Å². The molecule has 0 amide bonds. The molecule has 4 heteroatoms. The fourth-order valence-electron chi connectivity index (χ4n) is 1.70. The molecule has 0 unspecified atom stereocenters. The summed E-state index contributed by atoms with van der Waals surface area (Å²) in [5.74, 6) is 0. The van der Waals surface area contributed by atoms with Crippen molar-refractivity contribution in [2.75, 3.05) is 13.2 Å². The molecule has 1 N–H and O–H groups in total. The summed E-state index contributed by atoms with van der Waals surface area (Å²) in [7, 11) is 0. The molecule has 0 aliphatic carbocycles. The van der Waals surface area contributed by atoms with Crippen molar-refractivity contribution in [3.05, 3.63) is 35.2 Å². The van der Waals surface area contributed by atoms with Crippen LogP contribution in [0.25, 0.3) is 11.3 Å². The molecular weight excluding hydrogens is 244 g/mol. The van der Waals surface area contributed by atoms with Gasteiger partial charge in [-0.25, -0.2) is 4.98 Å². The fourth-order valence-corrected chi connectivity index (χ4v) is 2.65. The third kappa shape index (κ3) is 3.09. The van der Waals surface area contributed by atoms with E-state index < -0.39 is 0 Å². The molecule has 0 aliphatic heterocycles. The van der Waals surface area contributed by atoms with Crippen molar-refractivity contribution in [1.29, 1.82) is 0 Å². The van der Waals surface area contributed by atoms with Crippen molar-refractivity contribution >= 4 is 11.3 Å². The lowest BCUT2D eigenvalue weighted by atomic mass is 10.1. The van der Waals surface area contributed by atoms with Gasteiger partial charge in [0.2, 0.25) is 0 Å². The number of nitrogens with one attached hydrogen (secondary N) is 1. The Hall–Kier alpha value is -1.39. The number of benzene rings is 1. The first kappa shape index (κ1) is 13.1. The first-order valence-electron chi connectivity index (χ1n) is 6.23. The average Bonchev–Trinajstić information content (AvgIpc) is 2.81. The maximum absolute atomic E-state index is 5.51. The Morgan fingerprint density at radius 1 is 1.22 bits per heavy atom. The number of nitrogens with zero attached hydrogens (tertiary/aromatic N) is 1. The summed E-state index contributed by atoms with van der Waals surface area (Å²) in [6, 6.07) is 10.3. The highest BCUT2D eigenvalue weighted by molar-refractivity contribution is 7.13. The van der Waals surface area contributed by atoms with Crippen LogP contribution in [0.1, 0.15) is 18.7 Å². The molecule has 18 heavy (non-hydrogen) atoms. The lowest BCUT2D eigenvalue weighted by Gasteiger charge is -2.02. The minimum absolute atomic E-state index is 0.655. The molecule has 1 aromatic carbocycles. The van der Waals surface area contributed by atoms with E-state index in [1.165, 1.54) is 4.88 Å². The number of hydrogen-bond donors (Lipinski definition) is 1. The van der Waals surface area contributed by atoms with Crippen molar-refractivity contribution in [1.82, 2.24) is 10.3 Å². The largest absolute Gasteiger partial charge is 0.470 e. The Labute approximate surface area is 112 Å². The number of aromatic nitrogens is 1. The van der Waals surface area contributed by atoms with Crippen molar-refractivity contribution < 1.29 is 4.74 Å². The van der Waals surface area contributed by atoms with Gasteiger partial charge in [0.1, 0.15) is 0 Å². The van der Waals surface area contributed by atoms with Gasteiger partial charge in [0.05, 0.1) is 17.2 Å². The molecule has 3 nitrogen and oxygen atoms in total. The molecule has 1 aromatic heterocycles. The van der Waals surface area contributed by atoms with Gasteiger partial charge in [-0.15, -0.1) is 0 Å². The summed E-state index contributed by atoms with van der Waals surface area (Å²) in [6.07, 6.45) is 0. The van der Waals surface area contributed by atoms with Crippen LogP contribution in [-0.4, -0.2) is 18.1 Å². The van der Waals surface area contributed by atoms with Gasteiger partial charge in [-0.2, -0.15) is 0 Å². The summed E-state index contributed by atoms with van der Waals surface area (Å²) < 4.78 is 5.51. The van der Waals surface area contributed by atoms with Gasteiger partial charge in [-0.05, 0) is 13.5 Å². The van der Waals surface area contributed by atoms with Crippen molar-refractivity contribution in [2.24, 2.45) is 0 Å². The number of thiazole rings is 1. The second-order valence-electron chi connectivity index (χ2n) is 3.83. The van der Waals surface area contributed by atoms with Gasteiger partial charge in [0.25, 0.3) is 5.19 Å². The van der Waals surface area contributed by atoms with Gasteiger partial charge < -0.3 is 10.1 Å². The monoisotopic (exact) mass is 262 g/mol. The minimum atomic E-state index is 0.655. The third-order valence-electron chi connectivity index (χ3n) is 2.53. The summed E-state index contributed by atoms with van der Waals surface area (Å²) >= 11 is 1.62. The maximum atomic E-state index is 5.51. The fraction of sp³-hybridized carbons (Fsp3) is 0.357. The van der Waals surface area contributed by atoms with Crippen molar-refractivity contribution in [2.45, 2.75) is 20.4 Å². The Balaban J connectivity index is 2.31. The molecule has 2 rings (SSSR count). The molecule has 0 atom stereocenters. The SMILES string of the molecule is CCNCc1sc(OCC)nc1-c1ccccc1. The molecular formula is C14H18N2OS. The van der Waals surface area contributed by atoms with Crippen LogP contribution < -0.4 is 10.1 Å². The van der Waals surface area contributed by atoms with Gasteiger partial charge >= 0.3 is 0 Å². The maximum Gasteiger partial charge on any atom is 0.274 e. The van der Waals surface area contributed by atoms with Gasteiger partial charge in [0, 0.05) is 12.1 Å². The van der Waals surface area contributed by atoms with E-state index in [0.717, 1.165) is 29.5 Å². The smallest absolute Gasteiger partial charge is 0.274 e. The van der Waals surface area contributed by atoms with E-state index in [1.807, 2.05) is 25.1 Å². The van der Waals surface area contributed by atoms with E-state index in [4.69, 9.17) is 4.74 Å². The van der Waals surface area contributed by atoms with Gasteiger partial charge in [0.15, 0.2) is 0 Å². The molecule has 0 radical (unpaired) electrons. The molecule has 0 spiro atoms. The highest BCUT2D eigenvalue weighted by Gasteiger charge is 2.13. The molecule has 0 aliphatic rings. The molecule has 1 heterocycles. The quantitative estimate of drug-likeness (QED) is 0.867. The normalized spacial score (nSPS) is 10.6. The molecule has 2 aromatic rings. The zero-order valence-corrected chi connectivity index (χ0v) is 11.6. The standard InChI is InChI=1S/C14H18N2OS/c1-3-15-10-12-13(11-8-6-5-7-9-11)16-14(18-12)17-4-2/h5-9,15H,3-4,10H2,1-2H3. The summed E-state index contributed by atoms with van der Waals surface area (Å²) in [4.78, 5) is 5.81. The van der Waals surface area contributed by atoms with Crippen LogP contribution in [0.15, 0.2) is 30.3 Å². The summed E-state index contributed by atoms with van der Waals surface area (Å²) in [5, 5.41) is 4.10. The van der Waals surface area contributed by atoms with E-state index in [0.29, 0.717) is 6.61 Å². The van der Waals surface area contributed by atoms with Gasteiger partial charge in [-0.1, -0.05) is 48.6 Å². The van der Waals surface area contributed by atoms with E-state index in [-0.39, 0.29) is 0 Å². The predicted octanol–water partition coefficient (Wildman–Crippen LogP) is 3.32. The molecule has 0 saturated heterocycles.